The van der Waals surface area contributed by atoms with Crippen molar-refractivity contribution < 1.29 is 14.3 Å². The van der Waals surface area contributed by atoms with Gasteiger partial charge in [0.1, 0.15) is 6.54 Å². The molecule has 2 aromatic rings. The number of anilines is 2. The average molecular weight is 279 g/mol. The maximum atomic E-state index is 12.0. The van der Waals surface area contributed by atoms with E-state index in [0.717, 1.165) is 0 Å². The first-order valence-corrected chi connectivity index (χ1v) is 5.59. The van der Waals surface area contributed by atoms with Gasteiger partial charge < -0.3 is 10.5 Å². The zero-order chi connectivity index (χ0) is 14.7. The van der Waals surface area contributed by atoms with Gasteiger partial charge >= 0.3 is 6.09 Å². The predicted molar refractivity (Wildman–Crippen MR) is 68.1 cm³/mol. The molecule has 0 bridgehead atoms. The van der Waals surface area contributed by atoms with E-state index in [1.165, 1.54) is 28.9 Å². The van der Waals surface area contributed by atoms with Crippen LogP contribution in [0.4, 0.5) is 16.3 Å². The fourth-order valence-corrected chi connectivity index (χ4v) is 1.47. The van der Waals surface area contributed by atoms with Crippen molar-refractivity contribution in [3.63, 3.8) is 0 Å². The molecule has 0 aromatic carbocycles. The van der Waals surface area contributed by atoms with E-state index in [4.69, 9.17) is 5.73 Å². The van der Waals surface area contributed by atoms with Crippen LogP contribution in [0.5, 0.6) is 0 Å². The Hall–Kier alpha value is -2.91. The van der Waals surface area contributed by atoms with Crippen LogP contribution >= 0.6 is 0 Å². The third-order valence-corrected chi connectivity index (χ3v) is 2.54. The molecule has 0 atom stereocenters. The van der Waals surface area contributed by atoms with Crippen LogP contribution in [0.3, 0.4) is 0 Å². The highest BCUT2D eigenvalue weighted by molar-refractivity contribution is 5.83. The molecule has 0 aliphatic heterocycles. The summed E-state index contributed by atoms with van der Waals surface area (Å²) in [6, 6.07) is 0. The second kappa shape index (κ2) is 5.38. The quantitative estimate of drug-likeness (QED) is 0.801. The topological polar surface area (TPSA) is 130 Å². The highest BCUT2D eigenvalue weighted by Gasteiger charge is 2.13. The summed E-state index contributed by atoms with van der Waals surface area (Å²) in [5.74, 6) is -0.143. The molecule has 0 fully saturated rings. The zero-order valence-electron chi connectivity index (χ0n) is 10.9. The van der Waals surface area contributed by atoms with Gasteiger partial charge in [-0.2, -0.15) is 5.10 Å². The number of hydrogen-bond donors (Lipinski definition) is 2. The molecular weight excluding hydrogens is 266 g/mol. The lowest BCUT2D eigenvalue weighted by atomic mass is 10.4. The Morgan fingerprint density at radius 1 is 1.50 bits per heavy atom. The van der Waals surface area contributed by atoms with E-state index in [0.29, 0.717) is 11.4 Å². The predicted octanol–water partition coefficient (Wildman–Crippen LogP) is -0.116. The third kappa shape index (κ3) is 2.74. The van der Waals surface area contributed by atoms with E-state index in [-0.39, 0.29) is 18.3 Å². The molecule has 0 radical (unpaired) electrons. The van der Waals surface area contributed by atoms with Gasteiger partial charge in [0.05, 0.1) is 30.9 Å². The van der Waals surface area contributed by atoms with Gasteiger partial charge in [0, 0.05) is 0 Å². The van der Waals surface area contributed by atoms with Gasteiger partial charge in [-0.1, -0.05) is 5.21 Å². The number of carbonyl (C=O) groups excluding carboxylic acids is 2. The van der Waals surface area contributed by atoms with Crippen molar-refractivity contribution in [2.24, 2.45) is 0 Å². The monoisotopic (exact) mass is 279 g/mol. The van der Waals surface area contributed by atoms with Crippen LogP contribution in [-0.4, -0.2) is 43.9 Å². The number of nitrogen functional groups attached to an aromatic ring is 1. The van der Waals surface area contributed by atoms with E-state index >= 15 is 0 Å². The van der Waals surface area contributed by atoms with Crippen molar-refractivity contribution in [3.05, 3.63) is 18.1 Å². The molecule has 0 saturated carbocycles. The van der Waals surface area contributed by atoms with Crippen LogP contribution < -0.4 is 11.1 Å². The minimum Gasteiger partial charge on any atom is -0.453 e. The summed E-state index contributed by atoms with van der Waals surface area (Å²) in [5, 5.41) is 13.6. The standard InChI is InChI=1S/C10H13N7O3/c1-6-7(11)3-12-17(6)9(18)5-16-4-8(14-15-16)13-10(19)20-2/h3-4H,5,11H2,1-2H3,(H,13,19). The third-order valence-electron chi connectivity index (χ3n) is 2.54. The van der Waals surface area contributed by atoms with Gasteiger partial charge in [-0.15, -0.1) is 5.10 Å². The number of nitrogens with one attached hydrogen (secondary N) is 1. The van der Waals surface area contributed by atoms with E-state index in [1.807, 2.05) is 0 Å². The first kappa shape index (κ1) is 13.5. The largest absolute Gasteiger partial charge is 0.453 e. The second-order valence-corrected chi connectivity index (χ2v) is 3.91. The molecule has 1 amide bonds. The molecule has 0 aliphatic rings. The van der Waals surface area contributed by atoms with Crippen molar-refractivity contribution in [2.75, 3.05) is 18.2 Å². The number of hydrogen-bond acceptors (Lipinski definition) is 7. The normalized spacial score (nSPS) is 10.3. The zero-order valence-corrected chi connectivity index (χ0v) is 10.9. The van der Waals surface area contributed by atoms with Crippen LogP contribution in [0.2, 0.25) is 0 Å². The molecule has 10 heteroatoms. The fourth-order valence-electron chi connectivity index (χ4n) is 1.47. The van der Waals surface area contributed by atoms with Gasteiger partial charge in [-0.3, -0.25) is 10.1 Å². The summed E-state index contributed by atoms with van der Waals surface area (Å²) in [6.45, 7) is 1.60. The van der Waals surface area contributed by atoms with E-state index < -0.39 is 6.09 Å². The highest BCUT2D eigenvalue weighted by atomic mass is 16.5. The van der Waals surface area contributed by atoms with Crippen LogP contribution in [-0.2, 0) is 11.3 Å². The van der Waals surface area contributed by atoms with Gasteiger partial charge in [-0.25, -0.2) is 14.2 Å². The number of amides is 1. The van der Waals surface area contributed by atoms with Crippen molar-refractivity contribution >= 4 is 23.5 Å². The van der Waals surface area contributed by atoms with Crippen molar-refractivity contribution in [1.29, 1.82) is 0 Å². The Morgan fingerprint density at radius 3 is 2.85 bits per heavy atom. The van der Waals surface area contributed by atoms with E-state index in [9.17, 15) is 9.59 Å². The molecule has 0 aliphatic carbocycles. The minimum absolute atomic E-state index is 0.0855. The van der Waals surface area contributed by atoms with Crippen molar-refractivity contribution in [3.8, 4) is 0 Å². The Balaban J connectivity index is 2.05. The Morgan fingerprint density at radius 2 is 2.25 bits per heavy atom. The van der Waals surface area contributed by atoms with Crippen LogP contribution in [0.1, 0.15) is 10.5 Å². The van der Waals surface area contributed by atoms with Gasteiger partial charge in [0.25, 0.3) is 5.91 Å². The minimum atomic E-state index is -0.668. The van der Waals surface area contributed by atoms with E-state index in [2.05, 4.69) is 25.5 Å². The molecule has 3 N–H and O–H groups in total. The van der Waals surface area contributed by atoms with Gasteiger partial charge in [0.2, 0.25) is 0 Å². The molecule has 106 valence electrons. The second-order valence-electron chi connectivity index (χ2n) is 3.91. The van der Waals surface area contributed by atoms with Crippen molar-refractivity contribution in [2.45, 2.75) is 13.5 Å². The number of rotatable bonds is 3. The van der Waals surface area contributed by atoms with E-state index in [1.54, 1.807) is 6.92 Å². The number of nitrogens with zero attached hydrogens (tertiary/aromatic N) is 5. The molecule has 0 saturated heterocycles. The van der Waals surface area contributed by atoms with Gasteiger partial charge in [-0.05, 0) is 6.92 Å². The smallest absolute Gasteiger partial charge is 0.412 e. The number of nitrogens with two attached hydrogens (primary N) is 1. The molecular formula is C10H13N7O3. The summed E-state index contributed by atoms with van der Waals surface area (Å²) in [4.78, 5) is 23.0. The lowest BCUT2D eigenvalue weighted by molar-refractivity contribution is 0.0867. The van der Waals surface area contributed by atoms with Crippen LogP contribution in [0.15, 0.2) is 12.4 Å². The highest BCUT2D eigenvalue weighted by Crippen LogP contribution is 2.08. The SMILES string of the molecule is COC(=O)Nc1cn(CC(=O)n2ncc(N)c2C)nn1. The van der Waals surface area contributed by atoms with Crippen LogP contribution in [0.25, 0.3) is 0 Å². The molecule has 10 nitrogen and oxygen atoms in total. The van der Waals surface area contributed by atoms with Crippen LogP contribution in [0, 0.1) is 6.92 Å². The number of aromatic nitrogens is 5. The summed E-state index contributed by atoms with van der Waals surface area (Å²) >= 11 is 0. The summed E-state index contributed by atoms with van der Waals surface area (Å²) in [5.41, 5.74) is 6.61. The summed E-state index contributed by atoms with van der Waals surface area (Å²) in [7, 11) is 1.23. The molecule has 0 unspecified atom stereocenters. The maximum absolute atomic E-state index is 12.0. The number of methoxy groups -OCH3 is 1. The summed E-state index contributed by atoms with van der Waals surface area (Å²) in [6.07, 6.45) is 2.13. The summed E-state index contributed by atoms with van der Waals surface area (Å²) < 4.78 is 6.86. The molecule has 2 aromatic heterocycles. The fraction of sp³-hybridized carbons (Fsp3) is 0.300. The molecule has 0 spiro atoms. The average Bonchev–Trinajstić information content (AvgIpc) is 2.98. The first-order valence-electron chi connectivity index (χ1n) is 5.59. The molecule has 2 heterocycles. The maximum Gasteiger partial charge on any atom is 0.412 e. The Kier molecular flexibility index (Phi) is 3.64. The number of ether oxygens (including phenoxy) is 1. The Bertz CT molecular complexity index is 645. The number of carbonyl (C=O) groups is 2. The Labute approximate surface area is 113 Å². The lowest BCUT2D eigenvalue weighted by Crippen LogP contribution is -2.20. The molecule has 2 rings (SSSR count). The first-order chi connectivity index (χ1) is 9.51. The van der Waals surface area contributed by atoms with Gasteiger partial charge in [0.15, 0.2) is 5.82 Å². The van der Waals surface area contributed by atoms with Crippen molar-refractivity contribution in [1.82, 2.24) is 24.8 Å². The molecule has 20 heavy (non-hydrogen) atoms. The lowest BCUT2D eigenvalue weighted by Gasteiger charge is -2.02.